The fourth-order valence-electron chi connectivity index (χ4n) is 1.51. The van der Waals surface area contributed by atoms with Crippen LogP contribution in [0.5, 0.6) is 0 Å². The quantitative estimate of drug-likeness (QED) is 0.861. The van der Waals surface area contributed by atoms with Crippen LogP contribution in [0.4, 0.5) is 0 Å². The van der Waals surface area contributed by atoms with Gasteiger partial charge >= 0.3 is 0 Å². The van der Waals surface area contributed by atoms with Crippen LogP contribution in [-0.2, 0) is 20.8 Å². The van der Waals surface area contributed by atoms with Gasteiger partial charge in [-0.2, -0.15) is 0 Å². The average molecular weight is 241 g/mol. The van der Waals surface area contributed by atoms with Crippen LogP contribution < -0.4 is 5.32 Å². The summed E-state index contributed by atoms with van der Waals surface area (Å²) in [5, 5.41) is 2.85. The number of amides is 1. The number of ether oxygens (including phenoxy) is 2. The van der Waals surface area contributed by atoms with Gasteiger partial charge in [-0.25, -0.2) is 0 Å². The van der Waals surface area contributed by atoms with Crippen LogP contribution in [0.15, 0.2) is 12.1 Å². The summed E-state index contributed by atoms with van der Waals surface area (Å²) in [6, 6.07) is 4.07. The van der Waals surface area contributed by atoms with Crippen molar-refractivity contribution in [2.45, 2.75) is 19.6 Å². The number of thiophene rings is 1. The number of nitrogens with one attached hydrogen (secondary N) is 1. The van der Waals surface area contributed by atoms with E-state index in [0.717, 1.165) is 4.88 Å². The lowest BCUT2D eigenvalue weighted by Gasteiger charge is -2.21. The summed E-state index contributed by atoms with van der Waals surface area (Å²) in [5.41, 5.74) is 0. The molecule has 1 atom stereocenters. The molecule has 2 rings (SSSR count). The minimum absolute atomic E-state index is 0.0919. The van der Waals surface area contributed by atoms with Crippen LogP contribution in [0.2, 0.25) is 0 Å². The molecule has 0 saturated carbocycles. The summed E-state index contributed by atoms with van der Waals surface area (Å²) in [4.78, 5) is 14.1. The molecular formula is C11H15NO3S. The molecule has 1 saturated heterocycles. The molecule has 1 N–H and O–H groups in total. The number of carbonyl (C=O) groups is 1. The molecule has 1 aromatic heterocycles. The summed E-state index contributed by atoms with van der Waals surface area (Å²) in [7, 11) is 0. The molecule has 5 heteroatoms. The third-order valence-corrected chi connectivity index (χ3v) is 3.34. The van der Waals surface area contributed by atoms with Crippen LogP contribution in [0, 0.1) is 6.92 Å². The Morgan fingerprint density at radius 3 is 3.06 bits per heavy atom. The van der Waals surface area contributed by atoms with Crippen molar-refractivity contribution in [3.8, 4) is 0 Å². The standard InChI is InChI=1S/C11H15NO3S/c1-8-2-3-9(16-8)6-12-11(13)10-7-14-4-5-15-10/h2-3,10H,4-7H2,1H3,(H,12,13)/t10-/m0/s1. The number of hydrogen-bond acceptors (Lipinski definition) is 4. The van der Waals surface area contributed by atoms with Crippen molar-refractivity contribution in [1.82, 2.24) is 5.32 Å². The number of carbonyl (C=O) groups excluding carboxylic acids is 1. The molecule has 1 aliphatic heterocycles. The highest BCUT2D eigenvalue weighted by atomic mass is 32.1. The molecule has 0 spiro atoms. The Kier molecular flexibility index (Phi) is 3.93. The van der Waals surface area contributed by atoms with E-state index in [1.54, 1.807) is 11.3 Å². The normalized spacial score (nSPS) is 20.7. The molecule has 0 radical (unpaired) electrons. The van der Waals surface area contributed by atoms with Crippen molar-refractivity contribution in [3.63, 3.8) is 0 Å². The van der Waals surface area contributed by atoms with Crippen LogP contribution in [-0.4, -0.2) is 31.8 Å². The Morgan fingerprint density at radius 1 is 1.56 bits per heavy atom. The van der Waals surface area contributed by atoms with E-state index in [4.69, 9.17) is 9.47 Å². The molecule has 88 valence electrons. The van der Waals surface area contributed by atoms with Crippen molar-refractivity contribution in [2.75, 3.05) is 19.8 Å². The summed E-state index contributed by atoms with van der Waals surface area (Å²) in [5.74, 6) is -0.0919. The average Bonchev–Trinajstić information content (AvgIpc) is 2.73. The van der Waals surface area contributed by atoms with Gasteiger partial charge < -0.3 is 14.8 Å². The van der Waals surface area contributed by atoms with Gasteiger partial charge in [-0.05, 0) is 19.1 Å². The first-order valence-electron chi connectivity index (χ1n) is 5.28. The molecule has 1 aromatic rings. The van der Waals surface area contributed by atoms with E-state index in [2.05, 4.69) is 5.32 Å². The number of rotatable bonds is 3. The summed E-state index contributed by atoms with van der Waals surface area (Å²) >= 11 is 1.69. The van der Waals surface area contributed by atoms with E-state index < -0.39 is 6.10 Å². The molecule has 0 aromatic carbocycles. The molecule has 1 amide bonds. The zero-order valence-electron chi connectivity index (χ0n) is 9.19. The smallest absolute Gasteiger partial charge is 0.251 e. The zero-order chi connectivity index (χ0) is 11.4. The fraction of sp³-hybridized carbons (Fsp3) is 0.545. The second-order valence-corrected chi connectivity index (χ2v) is 5.04. The van der Waals surface area contributed by atoms with Gasteiger partial charge in [-0.15, -0.1) is 11.3 Å². The Morgan fingerprint density at radius 2 is 2.44 bits per heavy atom. The van der Waals surface area contributed by atoms with E-state index in [-0.39, 0.29) is 5.91 Å². The maximum Gasteiger partial charge on any atom is 0.251 e. The molecule has 0 bridgehead atoms. The minimum Gasteiger partial charge on any atom is -0.376 e. The van der Waals surface area contributed by atoms with Crippen LogP contribution >= 0.6 is 11.3 Å². The van der Waals surface area contributed by atoms with Gasteiger partial charge in [-0.1, -0.05) is 0 Å². The van der Waals surface area contributed by atoms with E-state index in [1.165, 1.54) is 4.88 Å². The highest BCUT2D eigenvalue weighted by molar-refractivity contribution is 7.11. The van der Waals surface area contributed by atoms with E-state index in [9.17, 15) is 4.79 Å². The fourth-order valence-corrected chi connectivity index (χ4v) is 2.34. The maximum atomic E-state index is 11.7. The Hall–Kier alpha value is -0.910. The van der Waals surface area contributed by atoms with Gasteiger partial charge in [0.25, 0.3) is 5.91 Å². The molecule has 16 heavy (non-hydrogen) atoms. The van der Waals surface area contributed by atoms with Gasteiger partial charge in [0.15, 0.2) is 6.10 Å². The summed E-state index contributed by atoms with van der Waals surface area (Å²) in [6.07, 6.45) is -0.449. The second kappa shape index (κ2) is 5.43. The van der Waals surface area contributed by atoms with Gasteiger partial charge in [0.1, 0.15) is 0 Å². The first-order chi connectivity index (χ1) is 7.75. The highest BCUT2D eigenvalue weighted by Gasteiger charge is 2.22. The number of aryl methyl sites for hydroxylation is 1. The lowest BCUT2D eigenvalue weighted by molar-refractivity contribution is -0.147. The third-order valence-electron chi connectivity index (χ3n) is 2.34. The topological polar surface area (TPSA) is 47.6 Å². The van der Waals surface area contributed by atoms with E-state index in [1.807, 2.05) is 19.1 Å². The monoisotopic (exact) mass is 241 g/mol. The van der Waals surface area contributed by atoms with E-state index >= 15 is 0 Å². The van der Waals surface area contributed by atoms with Crippen molar-refractivity contribution in [1.29, 1.82) is 0 Å². The molecular weight excluding hydrogens is 226 g/mol. The largest absolute Gasteiger partial charge is 0.376 e. The highest BCUT2D eigenvalue weighted by Crippen LogP contribution is 2.14. The van der Waals surface area contributed by atoms with Crippen LogP contribution in [0.1, 0.15) is 9.75 Å². The van der Waals surface area contributed by atoms with Gasteiger partial charge in [-0.3, -0.25) is 4.79 Å². The Balaban J connectivity index is 1.78. The van der Waals surface area contributed by atoms with Crippen molar-refractivity contribution >= 4 is 17.2 Å². The predicted octanol–water partition coefficient (Wildman–Crippen LogP) is 1.09. The second-order valence-electron chi connectivity index (χ2n) is 3.66. The summed E-state index contributed by atoms with van der Waals surface area (Å²) < 4.78 is 10.5. The maximum absolute atomic E-state index is 11.7. The van der Waals surface area contributed by atoms with Crippen LogP contribution in [0.25, 0.3) is 0 Å². The van der Waals surface area contributed by atoms with Gasteiger partial charge in [0.05, 0.1) is 26.4 Å². The molecule has 4 nitrogen and oxygen atoms in total. The Bertz CT molecular complexity index is 358. The molecule has 0 aliphatic carbocycles. The van der Waals surface area contributed by atoms with Crippen molar-refractivity contribution in [2.24, 2.45) is 0 Å². The predicted molar refractivity (Wildman–Crippen MR) is 61.5 cm³/mol. The molecule has 1 aliphatic rings. The third kappa shape index (κ3) is 3.04. The number of hydrogen-bond donors (Lipinski definition) is 1. The van der Waals surface area contributed by atoms with Crippen molar-refractivity contribution in [3.05, 3.63) is 21.9 Å². The first kappa shape index (κ1) is 11.6. The Labute approximate surface area is 98.6 Å². The first-order valence-corrected chi connectivity index (χ1v) is 6.10. The van der Waals surface area contributed by atoms with Crippen LogP contribution in [0.3, 0.4) is 0 Å². The summed E-state index contributed by atoms with van der Waals surface area (Å²) in [6.45, 7) is 4.05. The lowest BCUT2D eigenvalue weighted by atomic mass is 10.3. The minimum atomic E-state index is -0.449. The van der Waals surface area contributed by atoms with Gasteiger partial charge in [0, 0.05) is 9.75 Å². The molecule has 0 unspecified atom stereocenters. The zero-order valence-corrected chi connectivity index (χ0v) is 10.0. The lowest BCUT2D eigenvalue weighted by Crippen LogP contribution is -2.42. The van der Waals surface area contributed by atoms with Crippen molar-refractivity contribution < 1.29 is 14.3 Å². The van der Waals surface area contributed by atoms with Gasteiger partial charge in [0.2, 0.25) is 0 Å². The molecule has 1 fully saturated rings. The SMILES string of the molecule is Cc1ccc(CNC(=O)[C@@H]2COCCO2)s1. The molecule has 2 heterocycles. The van der Waals surface area contributed by atoms with E-state index in [0.29, 0.717) is 26.4 Å².